The third-order valence-electron chi connectivity index (χ3n) is 1.55. The molecule has 0 aromatic rings. The molecule has 8 heavy (non-hydrogen) atoms. The van der Waals surface area contributed by atoms with Crippen molar-refractivity contribution >= 4 is 7.26 Å². The Morgan fingerprint density at radius 1 is 1.00 bits per heavy atom. The molecule has 0 saturated carbocycles. The average Bonchev–Trinajstić information content (AvgIpc) is 1.31. The van der Waals surface area contributed by atoms with E-state index in [0.29, 0.717) is 0 Å². The Kier molecular flexibility index (Phi) is 6.67. The number of hydrogen-bond donors (Lipinski definition) is 0. The summed E-state index contributed by atoms with van der Waals surface area (Å²) >= 11 is 0. The van der Waals surface area contributed by atoms with Gasteiger partial charge in [-0.05, 0) is 13.8 Å². The van der Waals surface area contributed by atoms with E-state index in [1.807, 2.05) is 0 Å². The average molecular weight is 208 g/mol. The fraction of sp³-hybridized carbons (Fsp3) is 1.00. The molecule has 0 unspecified atom stereocenters. The predicted molar refractivity (Wildman–Crippen MR) is 39.8 cm³/mol. The minimum absolute atomic E-state index is 0. The molecule has 47 valence electrons. The summed E-state index contributed by atoms with van der Waals surface area (Å²) in [5, 5.41) is 0. The minimum atomic E-state index is -0.488. The summed E-state index contributed by atoms with van der Waals surface area (Å²) in [5.74, 6) is 0. The van der Waals surface area contributed by atoms with Gasteiger partial charge in [0.15, 0.2) is 0 Å². The summed E-state index contributed by atoms with van der Waals surface area (Å²) in [4.78, 5) is 0. The van der Waals surface area contributed by atoms with Crippen molar-refractivity contribution in [2.24, 2.45) is 0 Å². The standard InChI is InChI=1S/C6H16P.Y/c1-6(2)7(3,4)5;/h6H,1-5H3;/q+1;. The molecule has 2 heteroatoms. The van der Waals surface area contributed by atoms with Crippen molar-refractivity contribution in [3.05, 3.63) is 0 Å². The SMILES string of the molecule is CC(C)[P+](C)(C)C.[Y]. The van der Waals surface area contributed by atoms with E-state index in [4.69, 9.17) is 0 Å². The van der Waals surface area contributed by atoms with Gasteiger partial charge < -0.3 is 0 Å². The first-order chi connectivity index (χ1) is 2.94. The Hall–Kier alpha value is 1.53. The van der Waals surface area contributed by atoms with Gasteiger partial charge in [-0.2, -0.15) is 0 Å². The van der Waals surface area contributed by atoms with Crippen LogP contribution in [0.5, 0.6) is 0 Å². The van der Waals surface area contributed by atoms with Crippen LogP contribution in [-0.2, 0) is 32.7 Å². The first-order valence-electron chi connectivity index (χ1n) is 2.75. The molecule has 0 aromatic heterocycles. The molecule has 0 aromatic carbocycles. The van der Waals surface area contributed by atoms with Crippen LogP contribution in [0.25, 0.3) is 0 Å². The second-order valence-corrected chi connectivity index (χ2v) is 8.48. The predicted octanol–water partition coefficient (Wildman–Crippen LogP) is 2.30. The van der Waals surface area contributed by atoms with Gasteiger partial charge in [0.1, 0.15) is 0 Å². The van der Waals surface area contributed by atoms with Crippen LogP contribution in [0.2, 0.25) is 0 Å². The van der Waals surface area contributed by atoms with Crippen LogP contribution in [0, 0.1) is 0 Å². The van der Waals surface area contributed by atoms with Crippen molar-refractivity contribution in [1.82, 2.24) is 0 Å². The van der Waals surface area contributed by atoms with E-state index in [0.717, 1.165) is 5.66 Å². The molecule has 0 aliphatic carbocycles. The van der Waals surface area contributed by atoms with Crippen LogP contribution in [0.1, 0.15) is 13.8 Å². The van der Waals surface area contributed by atoms with E-state index in [-0.39, 0.29) is 32.7 Å². The van der Waals surface area contributed by atoms with Gasteiger partial charge in [-0.3, -0.25) is 0 Å². The Morgan fingerprint density at radius 3 is 1.12 bits per heavy atom. The smallest absolute Gasteiger partial charge is 0.0286 e. The molecule has 0 amide bonds. The largest absolute Gasteiger partial charge is 0.0633 e. The zero-order valence-corrected chi connectivity index (χ0v) is 10.3. The fourth-order valence-electron chi connectivity index (χ4n) is 0. The molecule has 0 nitrogen and oxygen atoms in total. The summed E-state index contributed by atoms with van der Waals surface area (Å²) in [6, 6.07) is 0. The van der Waals surface area contributed by atoms with E-state index in [9.17, 15) is 0 Å². The topological polar surface area (TPSA) is 0 Å². The van der Waals surface area contributed by atoms with E-state index in [1.165, 1.54) is 0 Å². The van der Waals surface area contributed by atoms with Gasteiger partial charge in [-0.25, -0.2) is 0 Å². The van der Waals surface area contributed by atoms with Crippen LogP contribution in [0.4, 0.5) is 0 Å². The third-order valence-corrected chi connectivity index (χ3v) is 4.65. The van der Waals surface area contributed by atoms with Crippen molar-refractivity contribution in [3.63, 3.8) is 0 Å². The van der Waals surface area contributed by atoms with Gasteiger partial charge >= 0.3 is 0 Å². The Balaban J connectivity index is 0. The van der Waals surface area contributed by atoms with Crippen LogP contribution in [-0.4, -0.2) is 25.7 Å². The van der Waals surface area contributed by atoms with Gasteiger partial charge in [0.05, 0.1) is 5.66 Å². The molecule has 0 aliphatic rings. The summed E-state index contributed by atoms with van der Waals surface area (Å²) in [6.45, 7) is 11.7. The molecule has 0 heterocycles. The van der Waals surface area contributed by atoms with Gasteiger partial charge in [0.2, 0.25) is 0 Å². The van der Waals surface area contributed by atoms with Crippen molar-refractivity contribution in [3.8, 4) is 0 Å². The van der Waals surface area contributed by atoms with Gasteiger partial charge in [0, 0.05) is 60.0 Å². The Morgan fingerprint density at radius 2 is 1.12 bits per heavy atom. The van der Waals surface area contributed by atoms with Crippen LogP contribution < -0.4 is 0 Å². The van der Waals surface area contributed by atoms with Crippen molar-refractivity contribution in [2.75, 3.05) is 20.0 Å². The number of rotatable bonds is 1. The second kappa shape index (κ2) is 4.37. The maximum absolute atomic E-state index is 2.37. The zero-order chi connectivity index (χ0) is 6.08. The Labute approximate surface area is 79.0 Å². The van der Waals surface area contributed by atoms with Crippen molar-refractivity contribution < 1.29 is 32.7 Å². The van der Waals surface area contributed by atoms with Gasteiger partial charge in [0.25, 0.3) is 0 Å². The summed E-state index contributed by atoms with van der Waals surface area (Å²) in [7, 11) is -0.488. The molecule has 0 N–H and O–H groups in total. The summed E-state index contributed by atoms with van der Waals surface area (Å²) < 4.78 is 0. The van der Waals surface area contributed by atoms with Gasteiger partial charge in [-0.1, -0.05) is 0 Å². The van der Waals surface area contributed by atoms with Crippen LogP contribution in [0.15, 0.2) is 0 Å². The molecule has 0 bridgehead atoms. The molecular formula is C6H16PY+. The first-order valence-corrected chi connectivity index (χ1v) is 5.95. The van der Waals surface area contributed by atoms with E-state index in [2.05, 4.69) is 33.8 Å². The van der Waals surface area contributed by atoms with Crippen LogP contribution >= 0.6 is 7.26 Å². The normalized spacial score (nSPS) is 11.2. The van der Waals surface area contributed by atoms with Gasteiger partial charge in [-0.15, -0.1) is 0 Å². The van der Waals surface area contributed by atoms with E-state index >= 15 is 0 Å². The third kappa shape index (κ3) is 5.67. The minimum Gasteiger partial charge on any atom is -0.0286 e. The summed E-state index contributed by atoms with van der Waals surface area (Å²) in [5.41, 5.74) is 0.910. The quantitative estimate of drug-likeness (QED) is 0.580. The number of hydrogen-bond acceptors (Lipinski definition) is 0. The fourth-order valence-corrected chi connectivity index (χ4v) is 0. The molecule has 0 atom stereocenters. The molecule has 0 fully saturated rings. The van der Waals surface area contributed by atoms with Crippen molar-refractivity contribution in [1.29, 1.82) is 0 Å². The molecule has 0 saturated heterocycles. The zero-order valence-electron chi connectivity index (χ0n) is 6.60. The Bertz CT molecular complexity index is 54.0. The van der Waals surface area contributed by atoms with E-state index < -0.39 is 7.26 Å². The van der Waals surface area contributed by atoms with Crippen LogP contribution in [0.3, 0.4) is 0 Å². The molecular weight excluding hydrogens is 192 g/mol. The molecule has 0 aliphatic heterocycles. The molecule has 1 radical (unpaired) electrons. The maximum Gasteiger partial charge on any atom is 0.0633 e. The first kappa shape index (κ1) is 12.2. The second-order valence-electron chi connectivity index (χ2n) is 3.21. The van der Waals surface area contributed by atoms with E-state index in [1.54, 1.807) is 0 Å². The maximum atomic E-state index is 2.37. The molecule has 0 rings (SSSR count). The molecule has 0 spiro atoms. The summed E-state index contributed by atoms with van der Waals surface area (Å²) in [6.07, 6.45) is 0. The monoisotopic (exact) mass is 208 g/mol. The van der Waals surface area contributed by atoms with Crippen molar-refractivity contribution in [2.45, 2.75) is 19.5 Å².